The van der Waals surface area contributed by atoms with Crippen LogP contribution in [0.25, 0.3) is 11.1 Å². The molecule has 4 nitrogen and oxygen atoms in total. The highest BCUT2D eigenvalue weighted by molar-refractivity contribution is 6.00. The molecule has 0 aromatic heterocycles. The van der Waals surface area contributed by atoms with Crippen LogP contribution in [0.4, 0.5) is 0 Å². The molecule has 0 amide bonds. The van der Waals surface area contributed by atoms with Crippen LogP contribution >= 0.6 is 0 Å². The number of phenolic OH excluding ortho intramolecular Hbond substituents is 1. The van der Waals surface area contributed by atoms with Crippen molar-refractivity contribution in [2.75, 3.05) is 6.61 Å². The number of esters is 1. The van der Waals surface area contributed by atoms with Crippen LogP contribution in [0.5, 0.6) is 5.75 Å². The standard InChI is InChI=1S/C25H24O4/c1-3-17-5-6-18(4-2)23(15-17)24(27)16-29-25(28)21-9-7-19(8-10-21)20-11-13-22(26)14-12-20/h5-15,26H,3-4,16H2,1-2H3. The largest absolute Gasteiger partial charge is 0.508 e. The molecule has 1 N–H and O–H groups in total. The normalized spacial score (nSPS) is 10.6. The molecule has 3 rings (SSSR count). The molecule has 0 aliphatic heterocycles. The summed E-state index contributed by atoms with van der Waals surface area (Å²) in [6.07, 6.45) is 1.59. The number of Topliss-reactive ketones (excluding diaryl/α,β-unsaturated/α-hetero) is 1. The minimum absolute atomic E-state index is 0.189. The maximum atomic E-state index is 12.6. The molecule has 4 heteroatoms. The van der Waals surface area contributed by atoms with Crippen molar-refractivity contribution in [3.63, 3.8) is 0 Å². The van der Waals surface area contributed by atoms with Gasteiger partial charge in [0.2, 0.25) is 5.78 Å². The van der Waals surface area contributed by atoms with E-state index in [1.54, 1.807) is 36.4 Å². The van der Waals surface area contributed by atoms with E-state index in [9.17, 15) is 14.7 Å². The minimum atomic E-state index is -0.527. The number of aryl methyl sites for hydroxylation is 2. The third-order valence-electron chi connectivity index (χ3n) is 4.92. The van der Waals surface area contributed by atoms with Gasteiger partial charge in [0.1, 0.15) is 5.75 Å². The van der Waals surface area contributed by atoms with Gasteiger partial charge >= 0.3 is 5.97 Å². The van der Waals surface area contributed by atoms with Gasteiger partial charge < -0.3 is 9.84 Å². The molecule has 0 atom stereocenters. The van der Waals surface area contributed by atoms with Gasteiger partial charge in [-0.3, -0.25) is 4.79 Å². The molecular formula is C25H24O4. The Hall–Kier alpha value is -3.40. The summed E-state index contributed by atoms with van der Waals surface area (Å²) in [6, 6.07) is 19.7. The number of rotatable bonds is 7. The summed E-state index contributed by atoms with van der Waals surface area (Å²) in [7, 11) is 0. The molecule has 0 radical (unpaired) electrons. The van der Waals surface area contributed by atoms with E-state index in [0.29, 0.717) is 11.1 Å². The molecule has 0 saturated carbocycles. The van der Waals surface area contributed by atoms with Gasteiger partial charge in [-0.1, -0.05) is 50.2 Å². The van der Waals surface area contributed by atoms with Crippen LogP contribution in [-0.2, 0) is 17.6 Å². The Morgan fingerprint density at radius 1 is 0.828 bits per heavy atom. The van der Waals surface area contributed by atoms with Crippen LogP contribution in [0, 0.1) is 0 Å². The lowest BCUT2D eigenvalue weighted by atomic mass is 9.98. The zero-order valence-corrected chi connectivity index (χ0v) is 16.6. The summed E-state index contributed by atoms with van der Waals surface area (Å²) in [4.78, 5) is 24.9. The fraction of sp³-hybridized carbons (Fsp3) is 0.200. The van der Waals surface area contributed by atoms with E-state index in [4.69, 9.17) is 4.74 Å². The highest BCUT2D eigenvalue weighted by atomic mass is 16.5. The third-order valence-corrected chi connectivity index (χ3v) is 4.92. The summed E-state index contributed by atoms with van der Waals surface area (Å²) in [6.45, 7) is 3.76. The maximum Gasteiger partial charge on any atom is 0.338 e. The van der Waals surface area contributed by atoms with Crippen molar-refractivity contribution in [3.05, 3.63) is 89.0 Å². The molecular weight excluding hydrogens is 364 g/mol. The average molecular weight is 388 g/mol. The smallest absolute Gasteiger partial charge is 0.338 e. The van der Waals surface area contributed by atoms with Crippen LogP contribution < -0.4 is 0 Å². The Morgan fingerprint density at radius 3 is 2.03 bits per heavy atom. The van der Waals surface area contributed by atoms with E-state index < -0.39 is 5.97 Å². The maximum absolute atomic E-state index is 12.6. The molecule has 0 bridgehead atoms. The molecule has 3 aromatic rings. The molecule has 3 aromatic carbocycles. The predicted molar refractivity (Wildman–Crippen MR) is 113 cm³/mol. The first-order valence-corrected chi connectivity index (χ1v) is 9.73. The first-order valence-electron chi connectivity index (χ1n) is 9.73. The predicted octanol–water partition coefficient (Wildman–Crippen LogP) is 5.22. The molecule has 0 spiro atoms. The molecule has 148 valence electrons. The van der Waals surface area contributed by atoms with Gasteiger partial charge in [-0.05, 0) is 65.4 Å². The van der Waals surface area contributed by atoms with Gasteiger partial charge in [0.15, 0.2) is 6.61 Å². The van der Waals surface area contributed by atoms with Crippen molar-refractivity contribution in [1.29, 1.82) is 0 Å². The van der Waals surface area contributed by atoms with Gasteiger partial charge in [0.05, 0.1) is 5.56 Å². The summed E-state index contributed by atoms with van der Waals surface area (Å²) in [5.74, 6) is -0.513. The molecule has 0 aliphatic carbocycles. The molecule has 0 unspecified atom stereocenters. The summed E-state index contributed by atoms with van der Waals surface area (Å²) >= 11 is 0. The Balaban J connectivity index is 1.66. The number of ketones is 1. The average Bonchev–Trinajstić information content (AvgIpc) is 2.77. The monoisotopic (exact) mass is 388 g/mol. The first kappa shape index (κ1) is 20.3. The number of aromatic hydroxyl groups is 1. The zero-order valence-electron chi connectivity index (χ0n) is 16.6. The lowest BCUT2D eigenvalue weighted by molar-refractivity contribution is 0.0474. The first-order chi connectivity index (χ1) is 14.0. The number of carbonyl (C=O) groups is 2. The third kappa shape index (κ3) is 4.91. The van der Waals surface area contributed by atoms with Crippen molar-refractivity contribution in [1.82, 2.24) is 0 Å². The number of benzene rings is 3. The van der Waals surface area contributed by atoms with E-state index in [1.165, 1.54) is 0 Å². The summed E-state index contributed by atoms with van der Waals surface area (Å²) in [5, 5.41) is 9.38. The van der Waals surface area contributed by atoms with E-state index >= 15 is 0 Å². The lowest BCUT2D eigenvalue weighted by Crippen LogP contribution is -2.16. The molecule has 0 aliphatic rings. The van der Waals surface area contributed by atoms with Crippen molar-refractivity contribution in [3.8, 4) is 16.9 Å². The van der Waals surface area contributed by atoms with Crippen molar-refractivity contribution in [2.24, 2.45) is 0 Å². The minimum Gasteiger partial charge on any atom is -0.508 e. The molecule has 29 heavy (non-hydrogen) atoms. The van der Waals surface area contributed by atoms with E-state index in [2.05, 4.69) is 0 Å². The zero-order chi connectivity index (χ0) is 20.8. The SMILES string of the molecule is CCc1ccc(CC)c(C(=O)COC(=O)c2ccc(-c3ccc(O)cc3)cc2)c1. The fourth-order valence-electron chi connectivity index (χ4n) is 3.16. The fourth-order valence-corrected chi connectivity index (χ4v) is 3.16. The number of carbonyl (C=O) groups excluding carboxylic acids is 2. The van der Waals surface area contributed by atoms with Gasteiger partial charge in [-0.2, -0.15) is 0 Å². The van der Waals surface area contributed by atoms with E-state index in [0.717, 1.165) is 35.1 Å². The second-order valence-corrected chi connectivity index (χ2v) is 6.82. The number of hydrogen-bond donors (Lipinski definition) is 1. The number of ether oxygens (including phenoxy) is 1. The van der Waals surface area contributed by atoms with Gasteiger partial charge in [0.25, 0.3) is 0 Å². The Kier molecular flexibility index (Phi) is 6.45. The van der Waals surface area contributed by atoms with Gasteiger partial charge in [-0.25, -0.2) is 4.79 Å². The number of phenols is 1. The van der Waals surface area contributed by atoms with Gasteiger partial charge in [0, 0.05) is 5.56 Å². The Morgan fingerprint density at radius 2 is 1.45 bits per heavy atom. The second-order valence-electron chi connectivity index (χ2n) is 6.82. The molecule has 0 fully saturated rings. The Bertz CT molecular complexity index is 1000. The van der Waals surface area contributed by atoms with Crippen LogP contribution in [0.15, 0.2) is 66.7 Å². The second kappa shape index (κ2) is 9.20. The van der Waals surface area contributed by atoms with Crippen LogP contribution in [0.2, 0.25) is 0 Å². The highest BCUT2D eigenvalue weighted by Crippen LogP contribution is 2.22. The van der Waals surface area contributed by atoms with Crippen LogP contribution in [0.1, 0.15) is 45.7 Å². The topological polar surface area (TPSA) is 63.6 Å². The van der Waals surface area contributed by atoms with Gasteiger partial charge in [-0.15, -0.1) is 0 Å². The van der Waals surface area contributed by atoms with Crippen LogP contribution in [-0.4, -0.2) is 23.5 Å². The van der Waals surface area contributed by atoms with Crippen LogP contribution in [0.3, 0.4) is 0 Å². The van der Waals surface area contributed by atoms with Crippen molar-refractivity contribution < 1.29 is 19.4 Å². The van der Waals surface area contributed by atoms with Crippen molar-refractivity contribution in [2.45, 2.75) is 26.7 Å². The van der Waals surface area contributed by atoms with E-state index in [-0.39, 0.29) is 18.1 Å². The summed E-state index contributed by atoms with van der Waals surface area (Å²) in [5.41, 5.74) is 4.91. The Labute approximate surface area is 170 Å². The summed E-state index contributed by atoms with van der Waals surface area (Å²) < 4.78 is 5.26. The highest BCUT2D eigenvalue weighted by Gasteiger charge is 2.15. The molecule has 0 saturated heterocycles. The quantitative estimate of drug-likeness (QED) is 0.445. The molecule has 0 heterocycles. The van der Waals surface area contributed by atoms with Crippen molar-refractivity contribution >= 4 is 11.8 Å². The number of hydrogen-bond acceptors (Lipinski definition) is 4. The van der Waals surface area contributed by atoms with E-state index in [1.807, 2.05) is 44.2 Å². The lowest BCUT2D eigenvalue weighted by Gasteiger charge is -2.10.